The molecule has 1 aliphatic heterocycles. The maximum Gasteiger partial charge on any atom is 0.265 e. The molecule has 0 fully saturated rings. The van der Waals surface area contributed by atoms with Crippen molar-refractivity contribution in [3.05, 3.63) is 29.3 Å². The molecule has 2 rings (SSSR count). The van der Waals surface area contributed by atoms with Crippen molar-refractivity contribution in [1.29, 1.82) is 0 Å². The fourth-order valence-corrected chi connectivity index (χ4v) is 3.16. The van der Waals surface area contributed by atoms with Gasteiger partial charge in [0.25, 0.3) is 10.0 Å². The lowest BCUT2D eigenvalue weighted by Gasteiger charge is -2.18. The molecule has 6 heteroatoms. The van der Waals surface area contributed by atoms with Gasteiger partial charge in [-0.25, -0.2) is 8.42 Å². The smallest absolute Gasteiger partial charge is 0.265 e. The molecule has 1 heterocycles. The monoisotopic (exact) mass is 258 g/mol. The molecule has 0 atom stereocenters. The van der Waals surface area contributed by atoms with E-state index in [9.17, 15) is 8.42 Å². The first-order chi connectivity index (χ1) is 7.51. The Morgan fingerprint density at radius 3 is 2.44 bits per heavy atom. The number of benzene rings is 1. The third kappa shape index (κ3) is 1.92. The first-order valence-electron chi connectivity index (χ1n) is 4.81. The highest BCUT2D eigenvalue weighted by Crippen LogP contribution is 2.20. The fourth-order valence-electron chi connectivity index (χ4n) is 1.57. The first kappa shape index (κ1) is 11.4. The highest BCUT2D eigenvalue weighted by Gasteiger charge is 2.27. The average Bonchev–Trinajstić information content (AvgIpc) is 2.66. The van der Waals surface area contributed by atoms with Crippen LogP contribution in [0.5, 0.6) is 0 Å². The van der Waals surface area contributed by atoms with Crippen molar-refractivity contribution in [2.75, 3.05) is 13.1 Å². The van der Waals surface area contributed by atoms with Crippen molar-refractivity contribution >= 4 is 27.5 Å². The van der Waals surface area contributed by atoms with E-state index in [0.29, 0.717) is 23.9 Å². The maximum absolute atomic E-state index is 12.2. The second kappa shape index (κ2) is 4.07. The molecule has 1 aliphatic rings. The van der Waals surface area contributed by atoms with Gasteiger partial charge in [0.2, 0.25) is 0 Å². The Morgan fingerprint density at radius 2 is 1.94 bits per heavy atom. The van der Waals surface area contributed by atoms with Crippen molar-refractivity contribution in [1.82, 2.24) is 4.31 Å². The topological polar surface area (TPSA) is 49.7 Å². The van der Waals surface area contributed by atoms with Crippen molar-refractivity contribution in [3.8, 4) is 0 Å². The van der Waals surface area contributed by atoms with Crippen molar-refractivity contribution < 1.29 is 8.42 Å². The normalized spacial score (nSPS) is 16.4. The highest BCUT2D eigenvalue weighted by molar-refractivity contribution is 7.89. The Bertz CT molecular complexity index is 522. The fraction of sp³-hybridized carbons (Fsp3) is 0.300. The van der Waals surface area contributed by atoms with Crippen molar-refractivity contribution in [2.45, 2.75) is 11.8 Å². The van der Waals surface area contributed by atoms with E-state index in [-0.39, 0.29) is 4.90 Å². The summed E-state index contributed by atoms with van der Waals surface area (Å²) in [6, 6.07) is 6.14. The van der Waals surface area contributed by atoms with E-state index >= 15 is 0 Å². The van der Waals surface area contributed by atoms with Crippen LogP contribution in [-0.2, 0) is 10.0 Å². The number of hydrogen-bond acceptors (Lipinski definition) is 3. The molecular weight excluding hydrogens is 248 g/mol. The van der Waals surface area contributed by atoms with Gasteiger partial charge in [0, 0.05) is 5.02 Å². The number of halogens is 1. The molecule has 4 nitrogen and oxygen atoms in total. The zero-order valence-corrected chi connectivity index (χ0v) is 10.3. The van der Waals surface area contributed by atoms with Crippen molar-refractivity contribution in [2.24, 2.45) is 4.99 Å². The highest BCUT2D eigenvalue weighted by atomic mass is 35.5. The summed E-state index contributed by atoms with van der Waals surface area (Å²) in [7, 11) is -3.46. The molecule has 0 amide bonds. The van der Waals surface area contributed by atoms with E-state index in [4.69, 9.17) is 11.6 Å². The number of sulfonamides is 1. The van der Waals surface area contributed by atoms with Crippen LogP contribution in [0.25, 0.3) is 0 Å². The molecule has 0 saturated carbocycles. The number of nitrogens with zero attached hydrogens (tertiary/aromatic N) is 2. The van der Waals surface area contributed by atoms with Crippen LogP contribution in [0.3, 0.4) is 0 Å². The molecule has 0 bridgehead atoms. The van der Waals surface area contributed by atoms with Crippen LogP contribution in [-0.4, -0.2) is 31.6 Å². The van der Waals surface area contributed by atoms with Gasteiger partial charge in [-0.15, -0.1) is 0 Å². The van der Waals surface area contributed by atoms with Gasteiger partial charge in [0.1, 0.15) is 5.84 Å². The van der Waals surface area contributed by atoms with E-state index in [2.05, 4.69) is 4.99 Å². The summed E-state index contributed by atoms with van der Waals surface area (Å²) in [4.78, 5) is 4.31. The average molecular weight is 259 g/mol. The Balaban J connectivity index is 2.39. The quantitative estimate of drug-likeness (QED) is 0.812. The van der Waals surface area contributed by atoms with Crippen LogP contribution in [0.2, 0.25) is 5.02 Å². The molecule has 0 aliphatic carbocycles. The number of rotatable bonds is 2. The lowest BCUT2D eigenvalue weighted by atomic mass is 10.4. The molecule has 86 valence electrons. The summed E-state index contributed by atoms with van der Waals surface area (Å²) in [5.41, 5.74) is 0. The van der Waals surface area contributed by atoms with Crippen molar-refractivity contribution in [3.63, 3.8) is 0 Å². The van der Waals surface area contributed by atoms with E-state index < -0.39 is 10.0 Å². The van der Waals surface area contributed by atoms with E-state index in [0.717, 1.165) is 0 Å². The third-order valence-electron chi connectivity index (χ3n) is 2.41. The molecular formula is C10H11ClN2O2S. The molecule has 0 radical (unpaired) electrons. The van der Waals surface area contributed by atoms with Gasteiger partial charge in [0.15, 0.2) is 0 Å². The summed E-state index contributed by atoms with van der Waals surface area (Å²) >= 11 is 5.72. The maximum atomic E-state index is 12.2. The number of hydrogen-bond donors (Lipinski definition) is 0. The van der Waals surface area contributed by atoms with Gasteiger partial charge < -0.3 is 0 Å². The van der Waals surface area contributed by atoms with Crippen LogP contribution in [0.4, 0.5) is 0 Å². The first-order valence-corrected chi connectivity index (χ1v) is 6.63. The second-order valence-corrected chi connectivity index (χ2v) is 5.76. The van der Waals surface area contributed by atoms with Gasteiger partial charge in [-0.05, 0) is 31.2 Å². The number of aliphatic imine (C=N–C) groups is 1. The molecule has 0 N–H and O–H groups in total. The van der Waals surface area contributed by atoms with Gasteiger partial charge >= 0.3 is 0 Å². The molecule has 1 aromatic rings. The van der Waals surface area contributed by atoms with Gasteiger partial charge in [-0.2, -0.15) is 0 Å². The minimum atomic E-state index is -3.46. The zero-order valence-electron chi connectivity index (χ0n) is 8.72. The Hall–Kier alpha value is -1.07. The van der Waals surface area contributed by atoms with Crippen LogP contribution < -0.4 is 0 Å². The largest absolute Gasteiger partial charge is 0.270 e. The summed E-state index contributed by atoms with van der Waals surface area (Å²) < 4.78 is 25.6. The molecule has 0 unspecified atom stereocenters. The zero-order chi connectivity index (χ0) is 11.8. The van der Waals surface area contributed by atoms with Crippen LogP contribution in [0.15, 0.2) is 34.2 Å². The van der Waals surface area contributed by atoms with Crippen LogP contribution in [0.1, 0.15) is 6.92 Å². The molecule has 0 saturated heterocycles. The summed E-state index contributed by atoms with van der Waals surface area (Å²) in [5.74, 6) is 0.537. The number of amidine groups is 1. The molecule has 1 aromatic carbocycles. The Labute approximate surface area is 99.6 Å². The molecule has 0 aromatic heterocycles. The Kier molecular flexibility index (Phi) is 2.90. The lowest BCUT2D eigenvalue weighted by molar-refractivity contribution is 0.537. The summed E-state index contributed by atoms with van der Waals surface area (Å²) in [6.45, 7) is 2.63. The van der Waals surface area contributed by atoms with E-state index in [1.807, 2.05) is 0 Å². The standard InChI is InChI=1S/C10H11ClN2O2S/c1-8-12-6-7-13(8)16(14,15)10-4-2-9(11)3-5-10/h2-5H,6-7H2,1H3. The SMILES string of the molecule is CC1=NCCN1S(=O)(=O)c1ccc(Cl)cc1. The van der Waals surface area contributed by atoms with Crippen LogP contribution in [0, 0.1) is 0 Å². The summed E-state index contributed by atoms with van der Waals surface area (Å²) in [6.07, 6.45) is 0. The third-order valence-corrected chi connectivity index (χ3v) is 4.55. The minimum absolute atomic E-state index is 0.244. The van der Waals surface area contributed by atoms with Crippen LogP contribution >= 0.6 is 11.6 Å². The van der Waals surface area contributed by atoms with Gasteiger partial charge in [-0.3, -0.25) is 9.30 Å². The van der Waals surface area contributed by atoms with Gasteiger partial charge in [0.05, 0.1) is 18.0 Å². The van der Waals surface area contributed by atoms with E-state index in [1.54, 1.807) is 19.1 Å². The second-order valence-electron chi connectivity index (χ2n) is 3.46. The molecule has 16 heavy (non-hydrogen) atoms. The predicted molar refractivity (Wildman–Crippen MR) is 63.3 cm³/mol. The predicted octanol–water partition coefficient (Wildman–Crippen LogP) is 1.76. The lowest BCUT2D eigenvalue weighted by Crippen LogP contribution is -2.32. The van der Waals surface area contributed by atoms with Gasteiger partial charge in [-0.1, -0.05) is 11.6 Å². The Morgan fingerprint density at radius 1 is 1.31 bits per heavy atom. The minimum Gasteiger partial charge on any atom is -0.270 e. The summed E-state index contributed by atoms with van der Waals surface area (Å²) in [5, 5.41) is 0.519. The van der Waals surface area contributed by atoms with E-state index in [1.165, 1.54) is 16.4 Å². The molecule has 0 spiro atoms.